The topological polar surface area (TPSA) is 43.6 Å². The van der Waals surface area contributed by atoms with Gasteiger partial charge in [0.1, 0.15) is 22.8 Å². The Morgan fingerprint density at radius 3 is 2.90 bits per heavy atom. The second kappa shape index (κ2) is 5.09. The van der Waals surface area contributed by atoms with Gasteiger partial charge in [-0.2, -0.15) is 0 Å². The van der Waals surface area contributed by atoms with Gasteiger partial charge in [0.05, 0.1) is 7.11 Å². The molecule has 0 fully saturated rings. The molecule has 2 heterocycles. The molecule has 0 N–H and O–H groups in total. The first-order valence-electron chi connectivity index (χ1n) is 6.01. The maximum atomic E-state index is 11.4. The van der Waals surface area contributed by atoms with Crippen LogP contribution in [0.25, 0.3) is 16.9 Å². The molecule has 100 valence electrons. The number of aldehydes is 1. The maximum absolute atomic E-state index is 11.4. The Labute approximate surface area is 124 Å². The number of rotatable bonds is 3. The van der Waals surface area contributed by atoms with Crippen LogP contribution in [0.5, 0.6) is 5.75 Å². The molecule has 0 aliphatic heterocycles. The van der Waals surface area contributed by atoms with Crippen molar-refractivity contribution in [3.8, 4) is 17.0 Å². The number of carbonyl (C=O) groups excluding carboxylic acids is 1. The van der Waals surface area contributed by atoms with Crippen LogP contribution in [-0.4, -0.2) is 22.8 Å². The Morgan fingerprint density at radius 1 is 1.30 bits per heavy atom. The van der Waals surface area contributed by atoms with E-state index in [1.807, 2.05) is 42.6 Å². The number of hydrogen-bond donors (Lipinski definition) is 0. The third-order valence-corrected chi connectivity index (χ3v) is 3.59. The van der Waals surface area contributed by atoms with Gasteiger partial charge < -0.3 is 4.74 Å². The molecular weight excluding hydrogens is 320 g/mol. The summed E-state index contributed by atoms with van der Waals surface area (Å²) in [5, 5.41) is 0. The van der Waals surface area contributed by atoms with Gasteiger partial charge in [0.15, 0.2) is 6.29 Å². The highest BCUT2D eigenvalue weighted by atomic mass is 79.9. The third-order valence-electron chi connectivity index (χ3n) is 3.10. The Bertz CT molecular complexity index is 796. The molecule has 3 aromatic rings. The Hall–Kier alpha value is -2.14. The molecule has 20 heavy (non-hydrogen) atoms. The van der Waals surface area contributed by atoms with Gasteiger partial charge in [0.25, 0.3) is 0 Å². The van der Waals surface area contributed by atoms with E-state index in [9.17, 15) is 4.79 Å². The van der Waals surface area contributed by atoms with Gasteiger partial charge in [0, 0.05) is 16.2 Å². The Kier molecular flexibility index (Phi) is 3.28. The average molecular weight is 331 g/mol. The molecule has 5 heteroatoms. The van der Waals surface area contributed by atoms with Crippen molar-refractivity contribution in [2.45, 2.75) is 0 Å². The predicted octanol–water partition coefficient (Wildman–Crippen LogP) is 3.58. The van der Waals surface area contributed by atoms with E-state index in [0.717, 1.165) is 22.0 Å². The Morgan fingerprint density at radius 2 is 2.15 bits per heavy atom. The van der Waals surface area contributed by atoms with Crippen LogP contribution in [-0.2, 0) is 0 Å². The molecule has 0 radical (unpaired) electrons. The molecular formula is C15H11BrN2O2. The second-order valence-electron chi connectivity index (χ2n) is 4.24. The lowest BCUT2D eigenvalue weighted by molar-refractivity contribution is 0.111. The summed E-state index contributed by atoms with van der Waals surface area (Å²) in [6.07, 6.45) is 2.63. The van der Waals surface area contributed by atoms with Crippen LogP contribution in [0.1, 0.15) is 10.5 Å². The third kappa shape index (κ3) is 2.00. The number of imidazole rings is 1. The molecule has 4 nitrogen and oxygen atoms in total. The van der Waals surface area contributed by atoms with Gasteiger partial charge in [-0.15, -0.1) is 0 Å². The van der Waals surface area contributed by atoms with Crippen molar-refractivity contribution in [1.29, 1.82) is 0 Å². The van der Waals surface area contributed by atoms with Crippen molar-refractivity contribution in [3.63, 3.8) is 0 Å². The molecule has 0 aliphatic carbocycles. The minimum atomic E-state index is 0.511. The summed E-state index contributed by atoms with van der Waals surface area (Å²) in [6, 6.07) is 11.2. The highest BCUT2D eigenvalue weighted by molar-refractivity contribution is 9.10. The number of methoxy groups -OCH3 is 1. The minimum Gasteiger partial charge on any atom is -0.496 e. The maximum Gasteiger partial charge on any atom is 0.169 e. The molecule has 0 amide bonds. The summed E-state index contributed by atoms with van der Waals surface area (Å²) >= 11 is 3.43. The lowest BCUT2D eigenvalue weighted by atomic mass is 10.1. The van der Waals surface area contributed by atoms with E-state index in [4.69, 9.17) is 4.74 Å². The smallest absolute Gasteiger partial charge is 0.169 e. The molecule has 0 spiro atoms. The molecule has 0 saturated heterocycles. The van der Waals surface area contributed by atoms with Crippen LogP contribution in [0.15, 0.2) is 47.1 Å². The zero-order valence-electron chi connectivity index (χ0n) is 10.7. The average Bonchev–Trinajstić information content (AvgIpc) is 2.85. The fourth-order valence-corrected chi connectivity index (χ4v) is 2.55. The van der Waals surface area contributed by atoms with Crippen LogP contribution in [0, 0.1) is 0 Å². The number of hydrogen-bond acceptors (Lipinski definition) is 3. The first kappa shape index (κ1) is 12.9. The van der Waals surface area contributed by atoms with E-state index >= 15 is 0 Å². The zero-order chi connectivity index (χ0) is 14.1. The van der Waals surface area contributed by atoms with E-state index in [1.54, 1.807) is 11.5 Å². The number of aromatic nitrogens is 2. The van der Waals surface area contributed by atoms with Gasteiger partial charge in [-0.1, -0.05) is 22.0 Å². The SMILES string of the molecule is COc1ccc(Br)cc1-c1nc2ccccn2c1C=O. The molecule has 0 bridgehead atoms. The lowest BCUT2D eigenvalue weighted by Gasteiger charge is -2.07. The minimum absolute atomic E-state index is 0.511. The van der Waals surface area contributed by atoms with Crippen LogP contribution >= 0.6 is 15.9 Å². The zero-order valence-corrected chi connectivity index (χ0v) is 12.3. The number of pyridine rings is 1. The van der Waals surface area contributed by atoms with Gasteiger partial charge in [-0.05, 0) is 30.3 Å². The van der Waals surface area contributed by atoms with Crippen LogP contribution in [0.3, 0.4) is 0 Å². The van der Waals surface area contributed by atoms with Crippen molar-refractivity contribution in [2.24, 2.45) is 0 Å². The van der Waals surface area contributed by atoms with Gasteiger partial charge >= 0.3 is 0 Å². The van der Waals surface area contributed by atoms with Crippen molar-refractivity contribution in [2.75, 3.05) is 7.11 Å². The summed E-state index contributed by atoms with van der Waals surface area (Å²) in [4.78, 5) is 16.0. The molecule has 3 rings (SSSR count). The molecule has 0 unspecified atom stereocenters. The Balaban J connectivity index is 2.34. The fourth-order valence-electron chi connectivity index (χ4n) is 2.19. The first-order chi connectivity index (χ1) is 9.74. The van der Waals surface area contributed by atoms with Gasteiger partial charge in [-0.25, -0.2) is 4.98 Å². The number of benzene rings is 1. The second-order valence-corrected chi connectivity index (χ2v) is 5.15. The summed E-state index contributed by atoms with van der Waals surface area (Å²) in [6.45, 7) is 0. The summed E-state index contributed by atoms with van der Waals surface area (Å²) in [7, 11) is 1.60. The largest absolute Gasteiger partial charge is 0.496 e. The number of halogens is 1. The molecule has 0 atom stereocenters. The van der Waals surface area contributed by atoms with Crippen molar-refractivity contribution < 1.29 is 9.53 Å². The highest BCUT2D eigenvalue weighted by Gasteiger charge is 2.17. The van der Waals surface area contributed by atoms with Gasteiger partial charge in [-0.3, -0.25) is 9.20 Å². The number of carbonyl (C=O) groups is 1. The normalized spacial score (nSPS) is 10.7. The molecule has 0 aliphatic rings. The summed E-state index contributed by atoms with van der Waals surface area (Å²) in [5.41, 5.74) is 2.64. The van der Waals surface area contributed by atoms with E-state index in [2.05, 4.69) is 20.9 Å². The predicted molar refractivity (Wildman–Crippen MR) is 80.3 cm³/mol. The van der Waals surface area contributed by atoms with E-state index in [0.29, 0.717) is 17.1 Å². The molecule has 1 aromatic carbocycles. The fraction of sp³-hybridized carbons (Fsp3) is 0.0667. The van der Waals surface area contributed by atoms with E-state index in [1.165, 1.54) is 0 Å². The quantitative estimate of drug-likeness (QED) is 0.689. The van der Waals surface area contributed by atoms with Crippen LogP contribution < -0.4 is 4.74 Å². The first-order valence-corrected chi connectivity index (χ1v) is 6.80. The lowest BCUT2D eigenvalue weighted by Crippen LogP contribution is -1.94. The molecule has 0 saturated carbocycles. The molecule has 2 aromatic heterocycles. The van der Waals surface area contributed by atoms with E-state index < -0.39 is 0 Å². The van der Waals surface area contributed by atoms with Crippen molar-refractivity contribution >= 4 is 27.9 Å². The summed E-state index contributed by atoms with van der Waals surface area (Å²) in [5.74, 6) is 0.680. The number of ether oxygens (including phenoxy) is 1. The van der Waals surface area contributed by atoms with E-state index in [-0.39, 0.29) is 0 Å². The van der Waals surface area contributed by atoms with Crippen molar-refractivity contribution in [1.82, 2.24) is 9.38 Å². The van der Waals surface area contributed by atoms with Crippen LogP contribution in [0.2, 0.25) is 0 Å². The number of nitrogens with zero attached hydrogens (tertiary/aromatic N) is 2. The van der Waals surface area contributed by atoms with Crippen molar-refractivity contribution in [3.05, 3.63) is 52.8 Å². The number of fused-ring (bicyclic) bond motifs is 1. The van der Waals surface area contributed by atoms with Crippen LogP contribution in [0.4, 0.5) is 0 Å². The highest BCUT2D eigenvalue weighted by Crippen LogP contribution is 2.34. The standard InChI is InChI=1S/C15H11BrN2O2/c1-20-13-6-5-10(16)8-11(13)15-12(9-19)18-7-3-2-4-14(18)17-15/h2-9H,1H3. The van der Waals surface area contributed by atoms with Gasteiger partial charge in [0.2, 0.25) is 0 Å². The monoisotopic (exact) mass is 330 g/mol. The summed E-state index contributed by atoms with van der Waals surface area (Å²) < 4.78 is 8.04.